The van der Waals surface area contributed by atoms with Gasteiger partial charge >= 0.3 is 11.9 Å². The van der Waals surface area contributed by atoms with Gasteiger partial charge in [-0.05, 0) is 36.6 Å². The third-order valence-corrected chi connectivity index (χ3v) is 4.35. The van der Waals surface area contributed by atoms with Crippen molar-refractivity contribution < 1.29 is 19.1 Å². The fourth-order valence-corrected chi connectivity index (χ4v) is 3.15. The number of halogens is 1. The molecule has 0 saturated carbocycles. The van der Waals surface area contributed by atoms with Crippen molar-refractivity contribution in [2.45, 2.75) is 32.5 Å². The van der Waals surface area contributed by atoms with Crippen LogP contribution in [0.3, 0.4) is 0 Å². The Morgan fingerprint density at radius 3 is 2.35 bits per heavy atom. The number of carbonyl (C=O) groups is 2. The minimum atomic E-state index is -1.22. The molecule has 5 nitrogen and oxygen atoms in total. The van der Waals surface area contributed by atoms with Gasteiger partial charge in [0, 0.05) is 37.1 Å². The van der Waals surface area contributed by atoms with Crippen LogP contribution >= 0.6 is 15.9 Å². The summed E-state index contributed by atoms with van der Waals surface area (Å²) in [7, 11) is 0. The number of anilines is 1. The molecule has 0 N–H and O–H groups in total. The Balaban J connectivity index is 1.99. The number of carbonyl (C=O) groups excluding carboxylic acids is 2. The lowest BCUT2D eigenvalue weighted by Gasteiger charge is -2.30. The van der Waals surface area contributed by atoms with E-state index >= 15 is 0 Å². The molecule has 1 aromatic rings. The summed E-state index contributed by atoms with van der Waals surface area (Å²) in [6.07, 6.45) is 3.83. The van der Waals surface area contributed by atoms with Crippen LogP contribution in [0.1, 0.15) is 32.3 Å². The van der Waals surface area contributed by atoms with Crippen LogP contribution in [0.4, 0.5) is 5.69 Å². The highest BCUT2D eigenvalue weighted by Gasteiger charge is 2.39. The molecule has 2 heterocycles. The van der Waals surface area contributed by atoms with Crippen LogP contribution in [0.15, 0.2) is 28.2 Å². The summed E-state index contributed by atoms with van der Waals surface area (Å²) in [6, 6.07) is 5.77. The highest BCUT2D eigenvalue weighted by atomic mass is 79.9. The zero-order valence-electron chi connectivity index (χ0n) is 13.1. The number of rotatable bonds is 2. The molecule has 1 aromatic carbocycles. The molecule has 0 bridgehead atoms. The maximum absolute atomic E-state index is 12.1. The molecule has 0 radical (unpaired) electrons. The van der Waals surface area contributed by atoms with E-state index in [0.717, 1.165) is 41.7 Å². The summed E-state index contributed by atoms with van der Waals surface area (Å²) >= 11 is 3.48. The minimum absolute atomic E-state index is 0.0768. The van der Waals surface area contributed by atoms with Gasteiger partial charge in [-0.25, -0.2) is 9.59 Å². The predicted molar refractivity (Wildman–Crippen MR) is 89.8 cm³/mol. The Labute approximate surface area is 143 Å². The van der Waals surface area contributed by atoms with Crippen molar-refractivity contribution in [2.75, 3.05) is 18.0 Å². The summed E-state index contributed by atoms with van der Waals surface area (Å²) in [4.78, 5) is 26.5. The molecule has 6 heteroatoms. The van der Waals surface area contributed by atoms with Gasteiger partial charge in [0.1, 0.15) is 5.57 Å². The van der Waals surface area contributed by atoms with Crippen molar-refractivity contribution in [3.63, 3.8) is 0 Å². The minimum Gasteiger partial charge on any atom is -0.419 e. The molecule has 0 aliphatic carbocycles. The van der Waals surface area contributed by atoms with Crippen molar-refractivity contribution in [3.05, 3.63) is 33.8 Å². The van der Waals surface area contributed by atoms with Gasteiger partial charge in [-0.15, -0.1) is 0 Å². The average Bonchev–Trinajstić information content (AvgIpc) is 2.97. The Morgan fingerprint density at radius 2 is 1.74 bits per heavy atom. The second-order valence-electron chi connectivity index (χ2n) is 6.13. The van der Waals surface area contributed by atoms with Crippen LogP contribution in [0, 0.1) is 0 Å². The molecule has 2 saturated heterocycles. The SMILES string of the molecule is CC1(C)OC(=O)C(=Cc2ccc(Br)cc2N2CCCC2)C(=O)O1. The van der Waals surface area contributed by atoms with E-state index in [4.69, 9.17) is 9.47 Å². The molecule has 2 fully saturated rings. The van der Waals surface area contributed by atoms with Gasteiger partial charge in [0.05, 0.1) is 0 Å². The van der Waals surface area contributed by atoms with Crippen LogP contribution in [-0.2, 0) is 19.1 Å². The molecular weight excluding hydrogens is 362 g/mol. The molecule has 0 spiro atoms. The summed E-state index contributed by atoms with van der Waals surface area (Å²) in [6.45, 7) is 5.01. The molecule has 23 heavy (non-hydrogen) atoms. The Hall–Kier alpha value is -1.82. The van der Waals surface area contributed by atoms with Gasteiger partial charge < -0.3 is 14.4 Å². The largest absolute Gasteiger partial charge is 0.419 e. The van der Waals surface area contributed by atoms with Gasteiger partial charge in [-0.2, -0.15) is 0 Å². The van der Waals surface area contributed by atoms with Crippen molar-refractivity contribution >= 4 is 39.6 Å². The lowest BCUT2D eigenvalue weighted by atomic mass is 10.1. The molecule has 0 aromatic heterocycles. The smallest absolute Gasteiger partial charge is 0.348 e. The monoisotopic (exact) mass is 379 g/mol. The molecule has 2 aliphatic rings. The van der Waals surface area contributed by atoms with Gasteiger partial charge in [0.25, 0.3) is 5.79 Å². The first-order valence-corrected chi connectivity index (χ1v) is 8.38. The number of hydrogen-bond acceptors (Lipinski definition) is 5. The van der Waals surface area contributed by atoms with Gasteiger partial charge in [-0.3, -0.25) is 0 Å². The highest BCUT2D eigenvalue weighted by molar-refractivity contribution is 9.10. The van der Waals surface area contributed by atoms with E-state index in [0.29, 0.717) is 0 Å². The van der Waals surface area contributed by atoms with Crippen molar-refractivity contribution in [3.8, 4) is 0 Å². The van der Waals surface area contributed by atoms with E-state index in [-0.39, 0.29) is 5.57 Å². The first-order valence-electron chi connectivity index (χ1n) is 7.59. The average molecular weight is 380 g/mol. The van der Waals surface area contributed by atoms with Crippen molar-refractivity contribution in [1.29, 1.82) is 0 Å². The lowest BCUT2D eigenvalue weighted by Crippen LogP contribution is -2.41. The summed E-state index contributed by atoms with van der Waals surface area (Å²) in [5.74, 6) is -2.52. The van der Waals surface area contributed by atoms with Gasteiger partial charge in [0.2, 0.25) is 0 Å². The molecule has 0 atom stereocenters. The number of esters is 2. The molecular formula is C17H18BrNO4. The Morgan fingerprint density at radius 1 is 1.13 bits per heavy atom. The number of cyclic esters (lactones) is 2. The normalized spacial score (nSPS) is 20.3. The fourth-order valence-electron chi connectivity index (χ4n) is 2.80. The van der Waals surface area contributed by atoms with E-state index in [1.165, 1.54) is 13.8 Å². The lowest BCUT2D eigenvalue weighted by molar-refractivity contribution is -0.222. The maximum Gasteiger partial charge on any atom is 0.348 e. The van der Waals surface area contributed by atoms with Gasteiger partial charge in [0.15, 0.2) is 0 Å². The zero-order chi connectivity index (χ0) is 16.6. The van der Waals surface area contributed by atoms with E-state index in [1.807, 2.05) is 18.2 Å². The topological polar surface area (TPSA) is 55.8 Å². The van der Waals surface area contributed by atoms with Crippen LogP contribution in [-0.4, -0.2) is 30.8 Å². The number of ether oxygens (including phenoxy) is 2. The molecule has 3 rings (SSSR count). The number of benzene rings is 1. The third kappa shape index (κ3) is 3.42. The van der Waals surface area contributed by atoms with Crippen LogP contribution in [0.2, 0.25) is 0 Å². The highest BCUT2D eigenvalue weighted by Crippen LogP contribution is 2.31. The molecule has 122 valence electrons. The first kappa shape index (κ1) is 16.1. The second kappa shape index (κ2) is 6.00. The quantitative estimate of drug-likeness (QED) is 0.448. The summed E-state index contributed by atoms with van der Waals surface area (Å²) in [5.41, 5.74) is 1.72. The van der Waals surface area contributed by atoms with E-state index < -0.39 is 17.7 Å². The van der Waals surface area contributed by atoms with E-state index in [1.54, 1.807) is 6.08 Å². The van der Waals surface area contributed by atoms with Crippen LogP contribution in [0.25, 0.3) is 6.08 Å². The Bertz CT molecular complexity index is 668. The second-order valence-corrected chi connectivity index (χ2v) is 7.05. The molecule has 0 unspecified atom stereocenters. The maximum atomic E-state index is 12.1. The van der Waals surface area contributed by atoms with Crippen LogP contribution < -0.4 is 4.90 Å². The zero-order valence-corrected chi connectivity index (χ0v) is 14.7. The number of hydrogen-bond donors (Lipinski definition) is 0. The number of nitrogens with zero attached hydrogens (tertiary/aromatic N) is 1. The Kier molecular flexibility index (Phi) is 4.19. The predicted octanol–water partition coefficient (Wildman–Crippen LogP) is 3.27. The summed E-state index contributed by atoms with van der Waals surface area (Å²) < 4.78 is 11.2. The van der Waals surface area contributed by atoms with Crippen molar-refractivity contribution in [2.24, 2.45) is 0 Å². The third-order valence-electron chi connectivity index (χ3n) is 3.86. The summed E-state index contributed by atoms with van der Waals surface area (Å²) in [5, 5.41) is 0. The first-order chi connectivity index (χ1) is 10.9. The van der Waals surface area contributed by atoms with Crippen molar-refractivity contribution in [1.82, 2.24) is 0 Å². The molecule has 2 aliphatic heterocycles. The van der Waals surface area contributed by atoms with Crippen LogP contribution in [0.5, 0.6) is 0 Å². The van der Waals surface area contributed by atoms with E-state index in [2.05, 4.69) is 20.8 Å². The van der Waals surface area contributed by atoms with E-state index in [9.17, 15) is 9.59 Å². The molecule has 0 amide bonds. The standard InChI is InChI=1S/C17H18BrNO4/c1-17(2)22-15(20)13(16(21)23-17)9-11-5-6-12(18)10-14(11)19-7-3-4-8-19/h5-6,9-10H,3-4,7-8H2,1-2H3. The fraction of sp³-hybridized carbons (Fsp3) is 0.412. The van der Waals surface area contributed by atoms with Gasteiger partial charge in [-0.1, -0.05) is 22.0 Å².